The molecule has 36 heavy (non-hydrogen) atoms. The summed E-state index contributed by atoms with van der Waals surface area (Å²) in [6.45, 7) is -0.312. The second-order valence-corrected chi connectivity index (χ2v) is 8.33. The molecular weight excluding hydrogens is 518 g/mol. The molecule has 1 unspecified atom stereocenters. The highest BCUT2D eigenvalue weighted by molar-refractivity contribution is 7.14. The first-order valence-corrected chi connectivity index (χ1v) is 10.9. The fraction of sp³-hybridized carbons (Fsp3) is 0.0870. The van der Waals surface area contributed by atoms with Gasteiger partial charge in [0.15, 0.2) is 5.69 Å². The van der Waals surface area contributed by atoms with Crippen LogP contribution in [0.5, 0.6) is 11.5 Å². The van der Waals surface area contributed by atoms with Crippen molar-refractivity contribution in [1.29, 1.82) is 5.26 Å². The smallest absolute Gasteiger partial charge is 0.437 e. The maximum atomic E-state index is 13.6. The Kier molecular flexibility index (Phi) is 6.93. The number of hydrogen-bond donors (Lipinski definition) is 0. The number of benzene rings is 2. The van der Waals surface area contributed by atoms with Gasteiger partial charge in [-0.15, -0.1) is 0 Å². The van der Waals surface area contributed by atoms with Gasteiger partial charge >= 0.3 is 6.18 Å². The van der Waals surface area contributed by atoms with E-state index in [0.717, 1.165) is 27.5 Å². The van der Waals surface area contributed by atoms with E-state index in [2.05, 4.69) is 19.5 Å². The van der Waals surface area contributed by atoms with Gasteiger partial charge in [-0.25, -0.2) is 9.44 Å². The van der Waals surface area contributed by atoms with Crippen LogP contribution < -0.4 is 15.9 Å². The molecular formula is C23H14ClF3N5O3P. The van der Waals surface area contributed by atoms with E-state index in [0.29, 0.717) is 5.56 Å². The number of ether oxygens (including phenoxy) is 1. The third kappa shape index (κ3) is 5.30. The van der Waals surface area contributed by atoms with Crippen LogP contribution in [0.2, 0.25) is 5.02 Å². The maximum Gasteiger partial charge on any atom is 0.437 e. The lowest BCUT2D eigenvalue weighted by atomic mass is 10.1. The first-order valence-electron chi connectivity index (χ1n) is 10.1. The number of nitriles is 1. The van der Waals surface area contributed by atoms with Crippen LogP contribution in [0.15, 0.2) is 70.5 Å². The van der Waals surface area contributed by atoms with Gasteiger partial charge in [0, 0.05) is 5.02 Å². The quantitative estimate of drug-likeness (QED) is 0.352. The topological polar surface area (TPSA) is 103 Å². The summed E-state index contributed by atoms with van der Waals surface area (Å²) < 4.78 is 48.0. The number of hydrogen-bond acceptors (Lipinski definition) is 6. The van der Waals surface area contributed by atoms with Crippen molar-refractivity contribution in [2.45, 2.75) is 12.7 Å². The Morgan fingerprint density at radius 1 is 1.08 bits per heavy atom. The Bertz CT molecular complexity index is 1620. The summed E-state index contributed by atoms with van der Waals surface area (Å²) in [6.07, 6.45) is -4.28. The van der Waals surface area contributed by atoms with Gasteiger partial charge in [0.25, 0.3) is 11.1 Å². The van der Waals surface area contributed by atoms with Gasteiger partial charge in [0.1, 0.15) is 5.75 Å². The highest BCUT2D eigenvalue weighted by Gasteiger charge is 2.38. The first-order chi connectivity index (χ1) is 17.1. The Balaban J connectivity index is 1.80. The van der Waals surface area contributed by atoms with Gasteiger partial charge in [0.2, 0.25) is 5.75 Å². The van der Waals surface area contributed by atoms with Crippen molar-refractivity contribution in [3.63, 3.8) is 0 Å². The minimum atomic E-state index is -5.00. The van der Waals surface area contributed by atoms with E-state index in [1.165, 1.54) is 12.1 Å². The molecule has 2 heterocycles. The van der Waals surface area contributed by atoms with Crippen LogP contribution in [0.1, 0.15) is 17.0 Å². The standard InChI is InChI=1S/C23H14ClF3N5O3P/c24-15-6-13(10-28)7-17(8-15)35-19-20(23(25,26)27)29-12-31(22(19)34)11-16-9-18(21(33)32(36)30-16)14-4-2-1-3-5-14/h1-9,12H,11,36H2. The van der Waals surface area contributed by atoms with Crippen LogP contribution in [0, 0.1) is 11.3 Å². The van der Waals surface area contributed by atoms with Crippen molar-refractivity contribution in [1.82, 2.24) is 19.1 Å². The molecule has 0 saturated carbocycles. The van der Waals surface area contributed by atoms with Crippen molar-refractivity contribution in [2.75, 3.05) is 0 Å². The molecule has 13 heteroatoms. The molecule has 2 aromatic heterocycles. The predicted octanol–water partition coefficient (Wildman–Crippen LogP) is 4.49. The summed E-state index contributed by atoms with van der Waals surface area (Å²) in [5, 5.41) is 13.2. The molecule has 1 atom stereocenters. The summed E-state index contributed by atoms with van der Waals surface area (Å²) in [6, 6.07) is 15.5. The molecule has 8 nitrogen and oxygen atoms in total. The molecule has 0 saturated heterocycles. The average molecular weight is 532 g/mol. The van der Waals surface area contributed by atoms with Gasteiger partial charge in [-0.2, -0.15) is 23.5 Å². The molecule has 2 aromatic carbocycles. The van der Waals surface area contributed by atoms with E-state index in [9.17, 15) is 22.8 Å². The molecule has 4 rings (SSSR count). The van der Waals surface area contributed by atoms with Gasteiger partial charge in [-0.3, -0.25) is 14.2 Å². The van der Waals surface area contributed by atoms with Gasteiger partial charge < -0.3 is 4.74 Å². The normalized spacial score (nSPS) is 11.2. The minimum absolute atomic E-state index is 0.0237. The molecule has 0 spiro atoms. The summed E-state index contributed by atoms with van der Waals surface area (Å²) in [4.78, 5) is 29.0. The second kappa shape index (κ2) is 9.93. The number of aromatic nitrogens is 4. The summed E-state index contributed by atoms with van der Waals surface area (Å²) in [5.41, 5.74) is -2.02. The van der Waals surface area contributed by atoms with E-state index in [1.807, 2.05) is 0 Å². The molecule has 0 bridgehead atoms. The summed E-state index contributed by atoms with van der Waals surface area (Å²) in [5.74, 6) is -1.34. The molecule has 0 amide bonds. The van der Waals surface area contributed by atoms with Crippen molar-refractivity contribution in [2.24, 2.45) is 0 Å². The average Bonchev–Trinajstić information content (AvgIpc) is 2.83. The fourth-order valence-electron chi connectivity index (χ4n) is 3.32. The Morgan fingerprint density at radius 3 is 2.47 bits per heavy atom. The molecule has 0 N–H and O–H groups in total. The van der Waals surface area contributed by atoms with Crippen molar-refractivity contribution >= 4 is 21.0 Å². The zero-order chi connectivity index (χ0) is 26.0. The monoisotopic (exact) mass is 531 g/mol. The van der Waals surface area contributed by atoms with Crippen LogP contribution >= 0.6 is 21.0 Å². The van der Waals surface area contributed by atoms with Gasteiger partial charge in [-0.1, -0.05) is 41.9 Å². The Labute approximate surface area is 208 Å². The largest absolute Gasteiger partial charge is 0.449 e. The van der Waals surface area contributed by atoms with Gasteiger partial charge in [-0.05, 0) is 39.2 Å². The third-order valence-corrected chi connectivity index (χ3v) is 5.46. The third-order valence-electron chi connectivity index (χ3n) is 4.89. The fourth-order valence-corrected chi connectivity index (χ4v) is 3.83. The van der Waals surface area contributed by atoms with Crippen LogP contribution in [0.4, 0.5) is 13.2 Å². The highest BCUT2D eigenvalue weighted by atomic mass is 35.5. The number of alkyl halides is 3. The highest BCUT2D eigenvalue weighted by Crippen LogP contribution is 2.35. The zero-order valence-corrected chi connectivity index (χ0v) is 19.9. The second-order valence-electron chi connectivity index (χ2n) is 7.41. The first kappa shape index (κ1) is 25.1. The number of halogens is 4. The Morgan fingerprint density at radius 2 is 1.81 bits per heavy atom. The summed E-state index contributed by atoms with van der Waals surface area (Å²) >= 11 is 5.91. The molecule has 0 aliphatic carbocycles. The Hall–Kier alpha value is -4.00. The van der Waals surface area contributed by atoms with Crippen molar-refractivity contribution < 1.29 is 17.9 Å². The lowest BCUT2D eigenvalue weighted by Crippen LogP contribution is -2.28. The number of nitrogens with zero attached hydrogens (tertiary/aromatic N) is 5. The molecule has 0 fully saturated rings. The minimum Gasteiger partial charge on any atom is -0.449 e. The lowest BCUT2D eigenvalue weighted by molar-refractivity contribution is -0.142. The van der Waals surface area contributed by atoms with E-state index >= 15 is 0 Å². The van der Waals surface area contributed by atoms with E-state index < -0.39 is 28.7 Å². The van der Waals surface area contributed by atoms with Gasteiger partial charge in [0.05, 0.1) is 35.8 Å². The molecule has 0 aliphatic rings. The van der Waals surface area contributed by atoms with Crippen LogP contribution in [-0.4, -0.2) is 19.1 Å². The summed E-state index contributed by atoms with van der Waals surface area (Å²) in [7, 11) is 2.13. The number of rotatable bonds is 5. The predicted molar refractivity (Wildman–Crippen MR) is 128 cm³/mol. The molecule has 0 aliphatic heterocycles. The van der Waals surface area contributed by atoms with Crippen molar-refractivity contribution in [3.05, 3.63) is 104 Å². The zero-order valence-electron chi connectivity index (χ0n) is 18.0. The molecule has 0 radical (unpaired) electrons. The van der Waals surface area contributed by atoms with Crippen LogP contribution in [0.3, 0.4) is 0 Å². The molecule has 182 valence electrons. The maximum absolute atomic E-state index is 13.6. The van der Waals surface area contributed by atoms with Crippen LogP contribution in [0.25, 0.3) is 11.1 Å². The SMILES string of the molecule is N#Cc1cc(Cl)cc(Oc2c(C(F)(F)F)ncn(Cc3cc(-c4ccccc4)c(=O)n(P)n3)c2=O)c1. The van der Waals surface area contributed by atoms with Crippen molar-refractivity contribution in [3.8, 4) is 28.7 Å². The lowest BCUT2D eigenvalue weighted by Gasteiger charge is -2.15. The van der Waals surface area contributed by atoms with E-state index in [1.54, 1.807) is 36.4 Å². The van der Waals surface area contributed by atoms with Crippen LogP contribution in [-0.2, 0) is 12.7 Å². The van der Waals surface area contributed by atoms with E-state index in [4.69, 9.17) is 21.6 Å². The van der Waals surface area contributed by atoms with E-state index in [-0.39, 0.29) is 34.1 Å². The molecule has 4 aromatic rings.